The monoisotopic (exact) mass is 303 g/mol. The highest BCUT2D eigenvalue weighted by atomic mass is 16.4. The van der Waals surface area contributed by atoms with E-state index in [1.54, 1.807) is 12.1 Å². The fourth-order valence-corrected chi connectivity index (χ4v) is 2.53. The number of rotatable bonds is 9. The average molecular weight is 303 g/mol. The second-order valence-corrected chi connectivity index (χ2v) is 5.52. The number of hydrogen-bond acceptors (Lipinski definition) is 2. The largest absolute Gasteiger partial charge is 0.478 e. The number of primary amides is 1. The van der Waals surface area contributed by atoms with Gasteiger partial charge in [0.25, 0.3) is 0 Å². The number of aromatic carboxylic acids is 1. The molecule has 3 N–H and O–H groups in total. The Morgan fingerprint density at radius 3 is 1.86 bits per heavy atom. The molecule has 0 unspecified atom stereocenters. The SMILES string of the molecule is C=C(C(N)=O)c1c(CCCC)cc(C(=O)O)cc1CCCC. The van der Waals surface area contributed by atoms with Crippen LogP contribution in [-0.2, 0) is 17.6 Å². The summed E-state index contributed by atoms with van der Waals surface area (Å²) in [5, 5.41) is 9.31. The van der Waals surface area contributed by atoms with Gasteiger partial charge in [-0.25, -0.2) is 4.79 Å². The topological polar surface area (TPSA) is 80.4 Å². The van der Waals surface area contributed by atoms with Crippen molar-refractivity contribution in [3.05, 3.63) is 41.0 Å². The lowest BCUT2D eigenvalue weighted by atomic mass is 9.88. The molecule has 0 bridgehead atoms. The lowest BCUT2D eigenvalue weighted by Crippen LogP contribution is -2.16. The van der Waals surface area contributed by atoms with E-state index in [9.17, 15) is 14.7 Å². The van der Waals surface area contributed by atoms with Gasteiger partial charge in [-0.1, -0.05) is 33.3 Å². The normalized spacial score (nSPS) is 10.5. The van der Waals surface area contributed by atoms with E-state index in [0.29, 0.717) is 0 Å². The van der Waals surface area contributed by atoms with E-state index < -0.39 is 11.9 Å². The highest BCUT2D eigenvalue weighted by Crippen LogP contribution is 2.27. The number of hydrogen-bond donors (Lipinski definition) is 2. The van der Waals surface area contributed by atoms with Crippen molar-refractivity contribution >= 4 is 17.4 Å². The minimum atomic E-state index is -0.952. The number of carboxylic acid groups (broad SMARTS) is 1. The van der Waals surface area contributed by atoms with Crippen LogP contribution in [-0.4, -0.2) is 17.0 Å². The third-order valence-electron chi connectivity index (χ3n) is 3.75. The van der Waals surface area contributed by atoms with Crippen molar-refractivity contribution in [3.63, 3.8) is 0 Å². The predicted molar refractivity (Wildman–Crippen MR) is 88.9 cm³/mol. The Morgan fingerprint density at radius 2 is 1.55 bits per heavy atom. The molecule has 0 aromatic heterocycles. The molecule has 0 atom stereocenters. The van der Waals surface area contributed by atoms with Crippen LogP contribution in [0.5, 0.6) is 0 Å². The molecule has 1 amide bonds. The summed E-state index contributed by atoms with van der Waals surface area (Å²) in [5.74, 6) is -1.51. The molecule has 0 spiro atoms. The number of benzene rings is 1. The molecule has 0 aliphatic rings. The van der Waals surface area contributed by atoms with Crippen LogP contribution in [0, 0.1) is 0 Å². The molecule has 0 heterocycles. The number of amides is 1. The maximum atomic E-state index is 11.6. The number of carbonyl (C=O) groups is 2. The van der Waals surface area contributed by atoms with Crippen molar-refractivity contribution in [3.8, 4) is 0 Å². The molecule has 1 aromatic rings. The number of carboxylic acids is 1. The first-order valence-corrected chi connectivity index (χ1v) is 7.80. The Labute approximate surface area is 132 Å². The van der Waals surface area contributed by atoms with Crippen molar-refractivity contribution in [2.45, 2.75) is 52.4 Å². The Bertz CT molecular complexity index is 547. The zero-order valence-corrected chi connectivity index (χ0v) is 13.4. The Hall–Kier alpha value is -2.10. The molecule has 0 saturated heterocycles. The Balaban J connectivity index is 3.45. The van der Waals surface area contributed by atoms with Gasteiger partial charge in [-0.15, -0.1) is 0 Å². The number of nitrogens with two attached hydrogens (primary N) is 1. The predicted octanol–water partition coefficient (Wildman–Crippen LogP) is 3.57. The molecule has 0 aliphatic carbocycles. The number of unbranched alkanes of at least 4 members (excludes halogenated alkanes) is 2. The smallest absolute Gasteiger partial charge is 0.335 e. The molecular weight excluding hydrogens is 278 g/mol. The second kappa shape index (κ2) is 8.37. The van der Waals surface area contributed by atoms with Gasteiger partial charge in [-0.2, -0.15) is 0 Å². The lowest BCUT2D eigenvalue weighted by molar-refractivity contribution is -0.112. The minimum absolute atomic E-state index is 0.262. The highest BCUT2D eigenvalue weighted by Gasteiger charge is 2.18. The summed E-state index contributed by atoms with van der Waals surface area (Å²) in [6.45, 7) is 7.96. The summed E-state index contributed by atoms with van der Waals surface area (Å²) >= 11 is 0. The van der Waals surface area contributed by atoms with Crippen LogP contribution in [0.3, 0.4) is 0 Å². The van der Waals surface area contributed by atoms with Crippen LogP contribution in [0.4, 0.5) is 0 Å². The van der Waals surface area contributed by atoms with Gasteiger partial charge in [-0.3, -0.25) is 4.79 Å². The van der Waals surface area contributed by atoms with E-state index in [1.807, 2.05) is 0 Å². The molecule has 1 aromatic carbocycles. The first-order chi connectivity index (χ1) is 10.4. The van der Waals surface area contributed by atoms with E-state index in [2.05, 4.69) is 20.4 Å². The van der Waals surface area contributed by atoms with Gasteiger partial charge in [0.2, 0.25) is 5.91 Å². The molecule has 0 fully saturated rings. The van der Waals surface area contributed by atoms with E-state index in [0.717, 1.165) is 55.2 Å². The maximum Gasteiger partial charge on any atom is 0.335 e. The van der Waals surface area contributed by atoms with E-state index in [1.165, 1.54) is 0 Å². The second-order valence-electron chi connectivity index (χ2n) is 5.52. The molecular formula is C18H25NO3. The van der Waals surface area contributed by atoms with E-state index in [4.69, 9.17) is 5.73 Å². The van der Waals surface area contributed by atoms with Crippen LogP contribution in [0.25, 0.3) is 5.57 Å². The van der Waals surface area contributed by atoms with Crippen molar-refractivity contribution in [2.24, 2.45) is 5.73 Å². The van der Waals surface area contributed by atoms with Crippen molar-refractivity contribution in [1.82, 2.24) is 0 Å². The maximum absolute atomic E-state index is 11.6. The molecule has 22 heavy (non-hydrogen) atoms. The van der Waals surface area contributed by atoms with Crippen molar-refractivity contribution in [2.75, 3.05) is 0 Å². The summed E-state index contributed by atoms with van der Waals surface area (Å²) < 4.78 is 0. The number of carbonyl (C=O) groups excluding carboxylic acids is 1. The zero-order chi connectivity index (χ0) is 16.7. The van der Waals surface area contributed by atoms with Gasteiger partial charge >= 0.3 is 5.97 Å². The van der Waals surface area contributed by atoms with Crippen molar-refractivity contribution < 1.29 is 14.7 Å². The Morgan fingerprint density at radius 1 is 1.09 bits per heavy atom. The third-order valence-corrected chi connectivity index (χ3v) is 3.75. The summed E-state index contributed by atoms with van der Waals surface area (Å²) in [7, 11) is 0. The lowest BCUT2D eigenvalue weighted by Gasteiger charge is -2.17. The van der Waals surface area contributed by atoms with Gasteiger partial charge in [0, 0.05) is 5.57 Å². The van der Waals surface area contributed by atoms with Gasteiger partial charge in [0.1, 0.15) is 0 Å². The molecule has 120 valence electrons. The summed E-state index contributed by atoms with van der Waals surface area (Å²) in [6.07, 6.45) is 5.27. The van der Waals surface area contributed by atoms with Gasteiger partial charge in [-0.05, 0) is 54.5 Å². The molecule has 4 heteroatoms. The fraction of sp³-hybridized carbons (Fsp3) is 0.444. The van der Waals surface area contributed by atoms with Crippen LogP contribution < -0.4 is 5.73 Å². The number of aryl methyl sites for hydroxylation is 2. The van der Waals surface area contributed by atoms with Gasteiger partial charge in [0.15, 0.2) is 0 Å². The van der Waals surface area contributed by atoms with Crippen LogP contribution in [0.15, 0.2) is 18.7 Å². The molecule has 0 saturated carbocycles. The standard InChI is InChI=1S/C18H25NO3/c1-4-6-8-13-10-15(18(21)22)11-14(9-7-5-2)16(13)12(3)17(19)20/h10-11H,3-9H2,1-2H3,(H2,19,20)(H,21,22). The molecule has 4 nitrogen and oxygen atoms in total. The average Bonchev–Trinajstić information content (AvgIpc) is 2.49. The highest BCUT2D eigenvalue weighted by molar-refractivity contribution is 6.18. The van der Waals surface area contributed by atoms with Gasteiger partial charge in [0.05, 0.1) is 5.56 Å². The Kier molecular flexibility index (Phi) is 6.83. The quantitative estimate of drug-likeness (QED) is 0.684. The third kappa shape index (κ3) is 4.45. The van der Waals surface area contributed by atoms with E-state index in [-0.39, 0.29) is 11.1 Å². The van der Waals surface area contributed by atoms with Crippen LogP contribution in [0.1, 0.15) is 66.6 Å². The first kappa shape index (κ1) is 18.0. The van der Waals surface area contributed by atoms with Crippen molar-refractivity contribution in [1.29, 1.82) is 0 Å². The van der Waals surface area contributed by atoms with Crippen LogP contribution >= 0.6 is 0 Å². The molecule has 0 aliphatic heterocycles. The summed E-state index contributed by atoms with van der Waals surface area (Å²) in [5.41, 5.74) is 8.41. The molecule has 1 rings (SSSR count). The summed E-state index contributed by atoms with van der Waals surface area (Å²) in [6, 6.07) is 3.30. The van der Waals surface area contributed by atoms with Crippen LogP contribution in [0.2, 0.25) is 0 Å². The minimum Gasteiger partial charge on any atom is -0.478 e. The fourth-order valence-electron chi connectivity index (χ4n) is 2.53. The summed E-state index contributed by atoms with van der Waals surface area (Å²) in [4.78, 5) is 22.9. The van der Waals surface area contributed by atoms with Gasteiger partial charge < -0.3 is 10.8 Å². The zero-order valence-electron chi connectivity index (χ0n) is 13.4. The first-order valence-electron chi connectivity index (χ1n) is 7.80. The van der Waals surface area contributed by atoms with E-state index >= 15 is 0 Å². The molecule has 0 radical (unpaired) electrons.